The SMILES string of the molecule is CCCCC(=O)N(Cc1ccc2cc(-c3ccc(-c4nn[nH]n4)cc3)ccc2c1)C(C(=O)OCc1ccccc1)C(C)C. The van der Waals surface area contributed by atoms with E-state index in [9.17, 15) is 9.59 Å². The van der Waals surface area contributed by atoms with Crippen molar-refractivity contribution in [3.05, 3.63) is 102 Å². The molecule has 8 heteroatoms. The number of fused-ring (bicyclic) bond motifs is 1. The largest absolute Gasteiger partial charge is 0.459 e. The van der Waals surface area contributed by atoms with Crippen LogP contribution in [0, 0.1) is 5.92 Å². The minimum absolute atomic E-state index is 0.0306. The molecule has 8 nitrogen and oxygen atoms in total. The van der Waals surface area contributed by atoms with Crippen LogP contribution in [-0.4, -0.2) is 43.4 Å². The van der Waals surface area contributed by atoms with Gasteiger partial charge in [-0.2, -0.15) is 5.21 Å². The fourth-order valence-corrected chi connectivity index (χ4v) is 5.25. The highest BCUT2D eigenvalue weighted by Gasteiger charge is 2.33. The Morgan fingerprint density at radius 1 is 0.837 bits per heavy atom. The number of esters is 1. The van der Waals surface area contributed by atoms with E-state index in [0.29, 0.717) is 18.8 Å². The lowest BCUT2D eigenvalue weighted by molar-refractivity contribution is -0.159. The van der Waals surface area contributed by atoms with Gasteiger partial charge in [0.1, 0.15) is 12.6 Å². The van der Waals surface area contributed by atoms with Gasteiger partial charge in [0.2, 0.25) is 11.7 Å². The molecule has 5 rings (SSSR count). The van der Waals surface area contributed by atoms with Crippen LogP contribution >= 0.6 is 0 Å². The summed E-state index contributed by atoms with van der Waals surface area (Å²) >= 11 is 0. The number of nitrogens with zero attached hydrogens (tertiary/aromatic N) is 4. The van der Waals surface area contributed by atoms with Crippen LogP contribution in [0.2, 0.25) is 0 Å². The quantitative estimate of drug-likeness (QED) is 0.161. The summed E-state index contributed by atoms with van der Waals surface area (Å²) in [6.07, 6.45) is 2.08. The summed E-state index contributed by atoms with van der Waals surface area (Å²) in [5.74, 6) is 0.0451. The second kappa shape index (κ2) is 13.9. The average Bonchev–Trinajstić information content (AvgIpc) is 3.58. The van der Waals surface area contributed by atoms with Crippen molar-refractivity contribution in [2.24, 2.45) is 5.92 Å². The van der Waals surface area contributed by atoms with E-state index in [1.54, 1.807) is 4.90 Å². The number of hydrogen-bond donors (Lipinski definition) is 1. The van der Waals surface area contributed by atoms with Crippen molar-refractivity contribution in [3.63, 3.8) is 0 Å². The number of rotatable bonds is 12. The van der Waals surface area contributed by atoms with Crippen molar-refractivity contribution in [2.75, 3.05) is 0 Å². The standard InChI is InChI=1S/C35H37N5O3/c1-4-5-11-32(41)40(33(24(2)3)35(42)43-23-25-9-7-6-8-10-25)22-26-12-13-31-21-30(19-18-29(31)20-26)27-14-16-28(17-15-27)34-36-38-39-37-34/h6-10,12-21,24,33H,4-5,11,22-23H2,1-3H3,(H,36,37,38,39). The number of benzene rings is 4. The number of nitrogens with one attached hydrogen (secondary N) is 1. The fraction of sp³-hybridized carbons (Fsp3) is 0.286. The first kappa shape index (κ1) is 29.6. The van der Waals surface area contributed by atoms with Gasteiger partial charge < -0.3 is 9.64 Å². The lowest BCUT2D eigenvalue weighted by Gasteiger charge is -2.33. The third-order valence-corrected chi connectivity index (χ3v) is 7.58. The maximum Gasteiger partial charge on any atom is 0.329 e. The molecule has 1 aromatic heterocycles. The first-order chi connectivity index (χ1) is 20.9. The Labute approximate surface area is 252 Å². The van der Waals surface area contributed by atoms with Crippen LogP contribution in [0.15, 0.2) is 91.0 Å². The van der Waals surface area contributed by atoms with Crippen molar-refractivity contribution in [3.8, 4) is 22.5 Å². The second-order valence-corrected chi connectivity index (χ2v) is 11.1. The molecule has 4 aromatic carbocycles. The van der Waals surface area contributed by atoms with Crippen LogP contribution in [0.25, 0.3) is 33.3 Å². The summed E-state index contributed by atoms with van der Waals surface area (Å²) in [6.45, 7) is 6.50. The van der Waals surface area contributed by atoms with Gasteiger partial charge in [0.05, 0.1) is 0 Å². The molecule has 5 aromatic rings. The molecule has 0 saturated carbocycles. The van der Waals surface area contributed by atoms with E-state index < -0.39 is 6.04 Å². The van der Waals surface area contributed by atoms with Gasteiger partial charge >= 0.3 is 5.97 Å². The molecule has 1 heterocycles. The van der Waals surface area contributed by atoms with Gasteiger partial charge in [-0.1, -0.05) is 106 Å². The number of carbonyl (C=O) groups is 2. The molecular weight excluding hydrogens is 538 g/mol. The number of ether oxygens (including phenoxy) is 1. The van der Waals surface area contributed by atoms with E-state index >= 15 is 0 Å². The van der Waals surface area contributed by atoms with Crippen LogP contribution in [-0.2, 0) is 27.5 Å². The molecule has 0 saturated heterocycles. The maximum absolute atomic E-state index is 13.5. The number of aromatic amines is 1. The number of unbranched alkanes of at least 4 members (excludes halogenated alkanes) is 1. The number of hydrogen-bond acceptors (Lipinski definition) is 6. The summed E-state index contributed by atoms with van der Waals surface area (Å²) < 4.78 is 5.73. The van der Waals surface area contributed by atoms with Crippen LogP contribution in [0.1, 0.15) is 51.2 Å². The number of tetrazole rings is 1. The molecule has 1 atom stereocenters. The van der Waals surface area contributed by atoms with Gasteiger partial charge in [0.15, 0.2) is 0 Å². The van der Waals surface area contributed by atoms with Crippen molar-refractivity contribution >= 4 is 22.6 Å². The summed E-state index contributed by atoms with van der Waals surface area (Å²) in [4.78, 5) is 28.6. The minimum atomic E-state index is -0.679. The first-order valence-corrected chi connectivity index (χ1v) is 14.8. The van der Waals surface area contributed by atoms with Crippen LogP contribution in [0.4, 0.5) is 0 Å². The zero-order valence-corrected chi connectivity index (χ0v) is 24.9. The van der Waals surface area contributed by atoms with Crippen LogP contribution in [0.3, 0.4) is 0 Å². The molecular formula is C35H37N5O3. The molecule has 1 unspecified atom stereocenters. The third-order valence-electron chi connectivity index (χ3n) is 7.58. The van der Waals surface area contributed by atoms with Gasteiger partial charge in [-0.25, -0.2) is 4.79 Å². The first-order valence-electron chi connectivity index (χ1n) is 14.8. The van der Waals surface area contributed by atoms with E-state index in [1.165, 1.54) is 0 Å². The van der Waals surface area contributed by atoms with E-state index in [1.807, 2.05) is 74.5 Å². The molecule has 0 aliphatic heterocycles. The Kier molecular flexibility index (Phi) is 9.56. The smallest absolute Gasteiger partial charge is 0.329 e. The summed E-state index contributed by atoms with van der Waals surface area (Å²) in [5.41, 5.74) is 4.96. The van der Waals surface area contributed by atoms with Crippen molar-refractivity contribution in [2.45, 2.75) is 59.2 Å². The lowest BCUT2D eigenvalue weighted by Crippen LogP contribution is -2.48. The number of aromatic nitrogens is 4. The highest BCUT2D eigenvalue weighted by Crippen LogP contribution is 2.28. The molecule has 0 aliphatic carbocycles. The van der Waals surface area contributed by atoms with Crippen molar-refractivity contribution in [1.29, 1.82) is 0 Å². The van der Waals surface area contributed by atoms with E-state index in [2.05, 4.69) is 57.9 Å². The van der Waals surface area contributed by atoms with Gasteiger partial charge in [-0.05, 0) is 62.7 Å². The van der Waals surface area contributed by atoms with Crippen LogP contribution in [0.5, 0.6) is 0 Å². The molecule has 1 amide bonds. The Balaban J connectivity index is 1.36. The highest BCUT2D eigenvalue weighted by molar-refractivity contribution is 5.88. The van der Waals surface area contributed by atoms with E-state index in [4.69, 9.17) is 4.74 Å². The number of H-pyrrole nitrogens is 1. The monoisotopic (exact) mass is 575 g/mol. The number of amides is 1. The van der Waals surface area contributed by atoms with Gasteiger partial charge in [0.25, 0.3) is 0 Å². The summed E-state index contributed by atoms with van der Waals surface area (Å²) in [6, 6.07) is 29.5. The Hall–Kier alpha value is -4.85. The molecule has 220 valence electrons. The summed E-state index contributed by atoms with van der Waals surface area (Å²) in [5, 5.41) is 16.3. The Morgan fingerprint density at radius 2 is 1.53 bits per heavy atom. The van der Waals surface area contributed by atoms with Crippen LogP contribution < -0.4 is 0 Å². The zero-order valence-electron chi connectivity index (χ0n) is 24.9. The second-order valence-electron chi connectivity index (χ2n) is 11.1. The lowest BCUT2D eigenvalue weighted by atomic mass is 9.98. The average molecular weight is 576 g/mol. The molecule has 0 aliphatic rings. The predicted molar refractivity (Wildman–Crippen MR) is 167 cm³/mol. The van der Waals surface area contributed by atoms with Crippen molar-refractivity contribution in [1.82, 2.24) is 25.5 Å². The molecule has 0 bridgehead atoms. The Morgan fingerprint density at radius 3 is 2.23 bits per heavy atom. The third kappa shape index (κ3) is 7.33. The molecule has 0 fully saturated rings. The molecule has 0 radical (unpaired) electrons. The van der Waals surface area contributed by atoms with Gasteiger partial charge in [0, 0.05) is 18.5 Å². The molecule has 1 N–H and O–H groups in total. The van der Waals surface area contributed by atoms with Gasteiger partial charge in [-0.3, -0.25) is 4.79 Å². The van der Waals surface area contributed by atoms with E-state index in [0.717, 1.165) is 51.4 Å². The summed E-state index contributed by atoms with van der Waals surface area (Å²) in [7, 11) is 0. The van der Waals surface area contributed by atoms with Gasteiger partial charge in [-0.15, -0.1) is 10.2 Å². The topological polar surface area (TPSA) is 101 Å². The Bertz CT molecular complexity index is 1650. The number of carbonyl (C=O) groups excluding carboxylic acids is 2. The normalized spacial score (nSPS) is 11.9. The highest BCUT2D eigenvalue weighted by atomic mass is 16.5. The van der Waals surface area contributed by atoms with E-state index in [-0.39, 0.29) is 24.4 Å². The van der Waals surface area contributed by atoms with Crippen molar-refractivity contribution < 1.29 is 14.3 Å². The molecule has 0 spiro atoms. The molecule has 43 heavy (non-hydrogen) atoms. The minimum Gasteiger partial charge on any atom is -0.459 e. The fourth-order valence-electron chi connectivity index (χ4n) is 5.25. The predicted octanol–water partition coefficient (Wildman–Crippen LogP) is 6.97. The zero-order chi connectivity index (χ0) is 30.2. The maximum atomic E-state index is 13.5.